The molecule has 114 valence electrons. The summed E-state index contributed by atoms with van der Waals surface area (Å²) in [5.74, 6) is 0.806. The second-order valence-corrected chi connectivity index (χ2v) is 5.85. The smallest absolute Gasteiger partial charge is 0.317 e. The van der Waals surface area contributed by atoms with Crippen LogP contribution in [0.1, 0.15) is 25.6 Å². The minimum atomic E-state index is -0.909. The van der Waals surface area contributed by atoms with E-state index in [1.54, 1.807) is 27.2 Å². The van der Waals surface area contributed by atoms with Gasteiger partial charge in [-0.2, -0.15) is 0 Å². The molecule has 1 aromatic rings. The highest BCUT2D eigenvalue weighted by Crippen LogP contribution is 2.17. The van der Waals surface area contributed by atoms with Crippen molar-refractivity contribution in [1.29, 1.82) is 0 Å². The highest BCUT2D eigenvalue weighted by Gasteiger charge is 2.22. The molecule has 2 N–H and O–H groups in total. The fraction of sp³-hybridized carbons (Fsp3) is 0.643. The average molecular weight is 283 g/mol. The Labute approximate surface area is 120 Å². The summed E-state index contributed by atoms with van der Waals surface area (Å²) in [6.07, 6.45) is 1.62. The predicted molar refractivity (Wildman–Crippen MR) is 77.5 cm³/mol. The summed E-state index contributed by atoms with van der Waals surface area (Å²) < 4.78 is 5.38. The van der Waals surface area contributed by atoms with E-state index in [2.05, 4.69) is 5.32 Å². The lowest BCUT2D eigenvalue weighted by Gasteiger charge is -2.27. The fourth-order valence-electron chi connectivity index (χ4n) is 1.99. The first-order valence-electron chi connectivity index (χ1n) is 6.62. The van der Waals surface area contributed by atoms with E-state index in [4.69, 9.17) is 4.42 Å². The van der Waals surface area contributed by atoms with Gasteiger partial charge in [-0.05, 0) is 40.1 Å². The van der Waals surface area contributed by atoms with E-state index >= 15 is 0 Å². The van der Waals surface area contributed by atoms with Crippen molar-refractivity contribution in [1.82, 2.24) is 15.1 Å². The predicted octanol–water partition coefficient (Wildman–Crippen LogP) is 1.29. The van der Waals surface area contributed by atoms with E-state index in [1.165, 1.54) is 4.90 Å². The van der Waals surface area contributed by atoms with Gasteiger partial charge in [-0.1, -0.05) is 0 Å². The highest BCUT2D eigenvalue weighted by atomic mass is 16.3. The number of carbonyl (C=O) groups excluding carboxylic acids is 1. The van der Waals surface area contributed by atoms with Crippen molar-refractivity contribution in [3.63, 3.8) is 0 Å². The van der Waals surface area contributed by atoms with Crippen molar-refractivity contribution < 1.29 is 14.3 Å². The Morgan fingerprint density at radius 2 is 2.10 bits per heavy atom. The topological polar surface area (TPSA) is 69.0 Å². The Morgan fingerprint density at radius 3 is 2.55 bits per heavy atom. The van der Waals surface area contributed by atoms with Crippen molar-refractivity contribution in [3.8, 4) is 0 Å². The molecule has 1 aromatic heterocycles. The van der Waals surface area contributed by atoms with Gasteiger partial charge in [0.1, 0.15) is 5.76 Å². The SMILES string of the molecule is CN(CC(C)(C)O)C(=O)NCC(c1ccco1)N(C)C. The van der Waals surface area contributed by atoms with Crippen LogP contribution in [0.3, 0.4) is 0 Å². The first-order valence-corrected chi connectivity index (χ1v) is 6.62. The molecule has 1 heterocycles. The molecular formula is C14H25N3O3. The van der Waals surface area contributed by atoms with Gasteiger partial charge >= 0.3 is 6.03 Å². The van der Waals surface area contributed by atoms with Crippen molar-refractivity contribution >= 4 is 6.03 Å². The molecule has 0 bridgehead atoms. The first kappa shape index (κ1) is 16.5. The number of hydrogen-bond acceptors (Lipinski definition) is 4. The number of amides is 2. The Hall–Kier alpha value is -1.53. The third kappa shape index (κ3) is 5.22. The van der Waals surface area contributed by atoms with Crippen molar-refractivity contribution in [2.75, 3.05) is 34.2 Å². The van der Waals surface area contributed by atoms with Crippen LogP contribution in [0.2, 0.25) is 0 Å². The van der Waals surface area contributed by atoms with Gasteiger partial charge in [0, 0.05) is 13.6 Å². The average Bonchev–Trinajstić information content (AvgIpc) is 2.79. The summed E-state index contributed by atoms with van der Waals surface area (Å²) >= 11 is 0. The molecule has 1 atom stereocenters. The summed E-state index contributed by atoms with van der Waals surface area (Å²) in [6, 6.07) is 3.47. The second-order valence-electron chi connectivity index (χ2n) is 5.85. The number of hydrogen-bond donors (Lipinski definition) is 2. The maximum atomic E-state index is 12.0. The highest BCUT2D eigenvalue weighted by molar-refractivity contribution is 5.73. The third-order valence-corrected chi connectivity index (χ3v) is 2.91. The largest absolute Gasteiger partial charge is 0.468 e. The normalized spacial score (nSPS) is 13.3. The zero-order chi connectivity index (χ0) is 15.3. The number of likely N-dealkylation sites (N-methyl/N-ethyl adjacent to an activating group) is 2. The molecule has 0 aliphatic rings. The van der Waals surface area contributed by atoms with Crippen LogP contribution in [-0.4, -0.2) is 60.8 Å². The fourth-order valence-corrected chi connectivity index (χ4v) is 1.99. The van der Waals surface area contributed by atoms with E-state index in [0.29, 0.717) is 6.54 Å². The molecular weight excluding hydrogens is 258 g/mol. The molecule has 1 unspecified atom stereocenters. The van der Waals surface area contributed by atoms with E-state index < -0.39 is 5.60 Å². The molecule has 0 radical (unpaired) electrons. The molecule has 0 spiro atoms. The number of urea groups is 1. The maximum absolute atomic E-state index is 12.0. The number of rotatable bonds is 6. The lowest BCUT2D eigenvalue weighted by molar-refractivity contribution is 0.0529. The van der Waals surface area contributed by atoms with Crippen LogP contribution in [0.5, 0.6) is 0 Å². The second kappa shape index (κ2) is 6.76. The van der Waals surface area contributed by atoms with E-state index in [0.717, 1.165) is 5.76 Å². The molecule has 6 heteroatoms. The number of furan rings is 1. The van der Waals surface area contributed by atoms with Crippen LogP contribution in [0.25, 0.3) is 0 Å². The standard InChI is InChI=1S/C14H25N3O3/c1-14(2,19)10-17(5)13(18)15-9-11(16(3)4)12-7-6-8-20-12/h6-8,11,19H,9-10H2,1-5H3,(H,15,18). The number of aliphatic hydroxyl groups is 1. The van der Waals surface area contributed by atoms with Gasteiger partial charge in [0.25, 0.3) is 0 Å². The van der Waals surface area contributed by atoms with E-state index in [9.17, 15) is 9.90 Å². The molecule has 6 nitrogen and oxygen atoms in total. The van der Waals surface area contributed by atoms with Crippen LogP contribution in [0.15, 0.2) is 22.8 Å². The summed E-state index contributed by atoms with van der Waals surface area (Å²) in [4.78, 5) is 15.4. The minimum Gasteiger partial charge on any atom is -0.468 e. The van der Waals surface area contributed by atoms with Crippen LogP contribution in [0, 0.1) is 0 Å². The number of carbonyl (C=O) groups is 1. The lowest BCUT2D eigenvalue weighted by Crippen LogP contribution is -2.46. The van der Waals surface area contributed by atoms with Crippen LogP contribution >= 0.6 is 0 Å². The molecule has 0 saturated heterocycles. The third-order valence-electron chi connectivity index (χ3n) is 2.91. The summed E-state index contributed by atoms with van der Waals surface area (Å²) in [7, 11) is 5.52. The van der Waals surface area contributed by atoms with Gasteiger partial charge in [-0.3, -0.25) is 4.90 Å². The van der Waals surface area contributed by atoms with E-state index in [-0.39, 0.29) is 18.6 Å². The van der Waals surface area contributed by atoms with Crippen LogP contribution in [0.4, 0.5) is 4.79 Å². The Morgan fingerprint density at radius 1 is 1.45 bits per heavy atom. The zero-order valence-corrected chi connectivity index (χ0v) is 12.9. The number of nitrogens with zero attached hydrogens (tertiary/aromatic N) is 2. The van der Waals surface area contributed by atoms with Gasteiger partial charge in [0.15, 0.2) is 0 Å². The molecule has 2 amide bonds. The summed E-state index contributed by atoms with van der Waals surface area (Å²) in [5.41, 5.74) is -0.909. The quantitative estimate of drug-likeness (QED) is 0.825. The van der Waals surface area contributed by atoms with E-state index in [1.807, 2.05) is 31.1 Å². The molecule has 0 aliphatic carbocycles. The van der Waals surface area contributed by atoms with Gasteiger partial charge < -0.3 is 19.7 Å². The van der Waals surface area contributed by atoms with Gasteiger partial charge in [-0.25, -0.2) is 4.79 Å². The molecule has 20 heavy (non-hydrogen) atoms. The molecule has 0 aromatic carbocycles. The summed E-state index contributed by atoms with van der Waals surface area (Å²) in [6.45, 7) is 4.05. The molecule has 1 rings (SSSR count). The Bertz CT molecular complexity index is 410. The molecule has 0 fully saturated rings. The maximum Gasteiger partial charge on any atom is 0.317 e. The Balaban J connectivity index is 2.54. The molecule has 0 aliphatic heterocycles. The van der Waals surface area contributed by atoms with Crippen molar-refractivity contribution in [3.05, 3.63) is 24.2 Å². The van der Waals surface area contributed by atoms with Gasteiger partial charge in [-0.15, -0.1) is 0 Å². The van der Waals surface area contributed by atoms with Crippen molar-refractivity contribution in [2.24, 2.45) is 0 Å². The Kier molecular flexibility index (Phi) is 5.59. The first-order chi connectivity index (χ1) is 9.20. The van der Waals surface area contributed by atoms with Crippen molar-refractivity contribution in [2.45, 2.75) is 25.5 Å². The van der Waals surface area contributed by atoms with Crippen LogP contribution in [-0.2, 0) is 0 Å². The van der Waals surface area contributed by atoms with Gasteiger partial charge in [0.05, 0.1) is 24.5 Å². The number of nitrogens with one attached hydrogen (secondary N) is 1. The molecule has 0 saturated carbocycles. The van der Waals surface area contributed by atoms with Gasteiger partial charge in [0.2, 0.25) is 0 Å². The zero-order valence-electron chi connectivity index (χ0n) is 12.9. The summed E-state index contributed by atoms with van der Waals surface area (Å²) in [5, 5.41) is 12.6. The lowest BCUT2D eigenvalue weighted by atomic mass is 10.1. The van der Waals surface area contributed by atoms with Crippen LogP contribution < -0.4 is 5.32 Å². The minimum absolute atomic E-state index is 0.0236. The monoisotopic (exact) mass is 283 g/mol.